The number of fused-ring (bicyclic) bond motifs is 1. The molecule has 0 bridgehead atoms. The summed E-state index contributed by atoms with van der Waals surface area (Å²) in [5.74, 6) is 0.0931. The number of hydrogen-bond acceptors (Lipinski definition) is 2. The van der Waals surface area contributed by atoms with Crippen LogP contribution in [0.5, 0.6) is 0 Å². The topological polar surface area (TPSA) is 53.1 Å². The minimum absolute atomic E-state index is 0.0931. The van der Waals surface area contributed by atoms with E-state index in [1.165, 1.54) is 11.3 Å². The Morgan fingerprint density at radius 1 is 1.10 bits per heavy atom. The van der Waals surface area contributed by atoms with Gasteiger partial charge in [-0.05, 0) is 52.5 Å². The maximum Gasteiger partial charge on any atom is 0.126 e. The van der Waals surface area contributed by atoms with Crippen molar-refractivity contribution in [2.24, 2.45) is 5.73 Å². The first-order valence-electron chi connectivity index (χ1n) is 6.67. The lowest BCUT2D eigenvalue weighted by Gasteiger charge is -2.33. The predicted molar refractivity (Wildman–Crippen MR) is 86.9 cm³/mol. The number of nitrogens with two attached hydrogens (primary N) is 1. The molecule has 0 atom stereocenters. The van der Waals surface area contributed by atoms with Crippen LogP contribution in [0.25, 0.3) is 0 Å². The van der Waals surface area contributed by atoms with Crippen LogP contribution < -0.4 is 10.6 Å². The van der Waals surface area contributed by atoms with Gasteiger partial charge in [0, 0.05) is 16.7 Å². The minimum Gasteiger partial charge on any atom is -0.384 e. The van der Waals surface area contributed by atoms with Gasteiger partial charge >= 0.3 is 0 Å². The summed E-state index contributed by atoms with van der Waals surface area (Å²) in [6.45, 7) is 0.952. The third kappa shape index (κ3) is 2.20. The van der Waals surface area contributed by atoms with E-state index in [0.29, 0.717) is 0 Å². The monoisotopic (exact) mass is 329 g/mol. The van der Waals surface area contributed by atoms with Crippen LogP contribution in [0.2, 0.25) is 0 Å². The van der Waals surface area contributed by atoms with Crippen LogP contribution >= 0.6 is 15.9 Å². The fourth-order valence-corrected chi connectivity index (χ4v) is 3.36. The number of nitrogens with one attached hydrogen (secondary N) is 1. The summed E-state index contributed by atoms with van der Waals surface area (Å²) >= 11 is 3.51. The number of benzene rings is 2. The molecule has 1 heterocycles. The number of rotatable bonds is 2. The van der Waals surface area contributed by atoms with E-state index in [2.05, 4.69) is 45.1 Å². The van der Waals surface area contributed by atoms with E-state index in [4.69, 9.17) is 11.1 Å². The highest BCUT2D eigenvalue weighted by Gasteiger charge is 2.21. The first-order chi connectivity index (χ1) is 9.68. The van der Waals surface area contributed by atoms with Gasteiger partial charge in [-0.2, -0.15) is 0 Å². The van der Waals surface area contributed by atoms with Crippen molar-refractivity contribution >= 4 is 33.1 Å². The molecule has 2 aromatic rings. The summed E-state index contributed by atoms with van der Waals surface area (Å²) in [5, 5.41) is 7.84. The number of anilines is 2. The van der Waals surface area contributed by atoms with Crippen molar-refractivity contribution in [3.05, 3.63) is 58.1 Å². The highest BCUT2D eigenvalue weighted by molar-refractivity contribution is 9.10. The lowest BCUT2D eigenvalue weighted by Crippen LogP contribution is -2.27. The first kappa shape index (κ1) is 13.2. The maximum absolute atomic E-state index is 7.84. The Kier molecular flexibility index (Phi) is 3.49. The quantitative estimate of drug-likeness (QED) is 0.650. The average Bonchev–Trinajstić information content (AvgIpc) is 2.46. The highest BCUT2D eigenvalue weighted by Crippen LogP contribution is 2.37. The first-order valence-corrected chi connectivity index (χ1v) is 7.46. The molecule has 3 N–H and O–H groups in total. The van der Waals surface area contributed by atoms with Crippen LogP contribution in [0, 0.1) is 5.41 Å². The average molecular weight is 330 g/mol. The van der Waals surface area contributed by atoms with Gasteiger partial charge in [0.05, 0.1) is 11.3 Å². The second kappa shape index (κ2) is 5.29. The second-order valence-corrected chi connectivity index (χ2v) is 5.79. The van der Waals surface area contributed by atoms with Crippen molar-refractivity contribution in [3.63, 3.8) is 0 Å². The third-order valence-corrected chi connectivity index (χ3v) is 4.32. The van der Waals surface area contributed by atoms with E-state index in [0.717, 1.165) is 35.1 Å². The molecule has 0 fully saturated rings. The Hall–Kier alpha value is -1.81. The van der Waals surface area contributed by atoms with Crippen molar-refractivity contribution in [2.75, 3.05) is 11.4 Å². The molecule has 3 rings (SSSR count). The molecule has 0 unspecified atom stereocenters. The van der Waals surface area contributed by atoms with Crippen LogP contribution in [0.1, 0.15) is 17.5 Å². The van der Waals surface area contributed by atoms with Crippen LogP contribution in [0.15, 0.2) is 46.9 Å². The van der Waals surface area contributed by atoms with Crippen LogP contribution in [0.4, 0.5) is 11.4 Å². The Morgan fingerprint density at radius 3 is 2.65 bits per heavy atom. The Balaban J connectivity index is 2.16. The Morgan fingerprint density at radius 2 is 1.85 bits per heavy atom. The normalized spacial score (nSPS) is 13.9. The van der Waals surface area contributed by atoms with Crippen molar-refractivity contribution < 1.29 is 0 Å². The van der Waals surface area contributed by atoms with Gasteiger partial charge in [-0.3, -0.25) is 5.41 Å². The Labute approximate surface area is 127 Å². The maximum atomic E-state index is 7.84. The summed E-state index contributed by atoms with van der Waals surface area (Å²) in [5.41, 5.74) is 10.1. The zero-order chi connectivity index (χ0) is 14.1. The van der Waals surface area contributed by atoms with Crippen molar-refractivity contribution in [1.29, 1.82) is 5.41 Å². The molecule has 1 aliphatic heterocycles. The van der Waals surface area contributed by atoms with Gasteiger partial charge in [-0.15, -0.1) is 0 Å². The lowest BCUT2D eigenvalue weighted by molar-refractivity contribution is 0.766. The van der Waals surface area contributed by atoms with Crippen molar-refractivity contribution in [2.45, 2.75) is 12.8 Å². The fourth-order valence-electron chi connectivity index (χ4n) is 2.79. The van der Waals surface area contributed by atoms with E-state index in [-0.39, 0.29) is 5.84 Å². The van der Waals surface area contributed by atoms with Gasteiger partial charge in [0.25, 0.3) is 0 Å². The number of halogens is 1. The number of nitrogen functional groups attached to an aromatic ring is 1. The summed E-state index contributed by atoms with van der Waals surface area (Å²) in [7, 11) is 0. The molecule has 0 aliphatic carbocycles. The van der Waals surface area contributed by atoms with Gasteiger partial charge in [0.1, 0.15) is 5.84 Å². The van der Waals surface area contributed by atoms with Crippen LogP contribution in [0.3, 0.4) is 0 Å². The van der Waals surface area contributed by atoms with Crippen molar-refractivity contribution in [1.82, 2.24) is 0 Å². The number of nitrogens with zero attached hydrogens (tertiary/aromatic N) is 1. The standard InChI is InChI=1S/C16H16BrN3/c17-12-7-3-9-14(15(12)16(18)19)20-10-4-6-11-5-1-2-8-13(11)20/h1-3,5,7-9H,4,6,10H2,(H3,18,19). The molecule has 0 amide bonds. The SMILES string of the molecule is N=C(N)c1c(Br)cccc1N1CCCc2ccccc21. The van der Waals surface area contributed by atoms with Crippen LogP contribution in [-0.4, -0.2) is 12.4 Å². The van der Waals surface area contributed by atoms with E-state index < -0.39 is 0 Å². The smallest absolute Gasteiger partial charge is 0.126 e. The molecule has 1 aliphatic rings. The van der Waals surface area contributed by atoms with Gasteiger partial charge in [0.2, 0.25) is 0 Å². The number of para-hydroxylation sites is 1. The molecular formula is C16H16BrN3. The fraction of sp³-hybridized carbons (Fsp3) is 0.188. The largest absolute Gasteiger partial charge is 0.384 e. The molecule has 102 valence electrons. The Bertz CT molecular complexity index is 667. The molecule has 0 aromatic heterocycles. The minimum atomic E-state index is 0.0931. The van der Waals surface area contributed by atoms with E-state index in [9.17, 15) is 0 Å². The van der Waals surface area contributed by atoms with Crippen molar-refractivity contribution in [3.8, 4) is 0 Å². The lowest BCUT2D eigenvalue weighted by atomic mass is 10.00. The summed E-state index contributed by atoms with van der Waals surface area (Å²) < 4.78 is 0.866. The van der Waals surface area contributed by atoms with E-state index in [1.54, 1.807) is 0 Å². The molecule has 0 radical (unpaired) electrons. The number of aryl methyl sites for hydroxylation is 1. The zero-order valence-electron chi connectivity index (χ0n) is 11.1. The predicted octanol–water partition coefficient (Wildman–Crippen LogP) is 3.82. The summed E-state index contributed by atoms with van der Waals surface area (Å²) in [6.07, 6.45) is 2.22. The molecule has 20 heavy (non-hydrogen) atoms. The molecule has 0 spiro atoms. The summed E-state index contributed by atoms with van der Waals surface area (Å²) in [4.78, 5) is 2.26. The van der Waals surface area contributed by atoms with Crippen LogP contribution in [-0.2, 0) is 6.42 Å². The molecule has 0 saturated heterocycles. The molecular weight excluding hydrogens is 314 g/mol. The second-order valence-electron chi connectivity index (χ2n) is 4.93. The van der Waals surface area contributed by atoms with Gasteiger partial charge in [0.15, 0.2) is 0 Å². The third-order valence-electron chi connectivity index (χ3n) is 3.66. The zero-order valence-corrected chi connectivity index (χ0v) is 12.7. The van der Waals surface area contributed by atoms with E-state index >= 15 is 0 Å². The van der Waals surface area contributed by atoms with Gasteiger partial charge < -0.3 is 10.6 Å². The summed E-state index contributed by atoms with van der Waals surface area (Å²) in [6, 6.07) is 14.4. The van der Waals surface area contributed by atoms with E-state index in [1.807, 2.05) is 18.2 Å². The molecule has 3 nitrogen and oxygen atoms in total. The van der Waals surface area contributed by atoms with Gasteiger partial charge in [-0.1, -0.05) is 24.3 Å². The van der Waals surface area contributed by atoms with Gasteiger partial charge in [-0.25, -0.2) is 0 Å². The highest BCUT2D eigenvalue weighted by atomic mass is 79.9. The molecule has 0 saturated carbocycles. The number of hydrogen-bond donors (Lipinski definition) is 2. The molecule has 4 heteroatoms. The number of amidine groups is 1. The molecule has 2 aromatic carbocycles.